The van der Waals surface area contributed by atoms with E-state index < -0.39 is 18.1 Å². The monoisotopic (exact) mass is 476 g/mol. The molecule has 0 aliphatic carbocycles. The molecule has 0 saturated carbocycles. The molecular weight excluding hydrogens is 453 g/mol. The molecule has 0 spiro atoms. The van der Waals surface area contributed by atoms with Crippen LogP contribution in [-0.2, 0) is 14.3 Å². The van der Waals surface area contributed by atoms with Gasteiger partial charge in [0.2, 0.25) is 5.91 Å². The number of likely N-dealkylation sites (N-methyl/N-ethyl adjacent to an activating group) is 1. The fourth-order valence-electron chi connectivity index (χ4n) is 4.73. The van der Waals surface area contributed by atoms with Crippen molar-refractivity contribution < 1.29 is 37.0 Å². The van der Waals surface area contributed by atoms with Gasteiger partial charge in [0.25, 0.3) is 0 Å². The Morgan fingerprint density at radius 3 is 2.68 bits per heavy atom. The molecule has 0 bridgehead atoms. The molecule has 1 unspecified atom stereocenters. The minimum atomic E-state index is -5.19. The molecule has 7 nitrogen and oxygen atoms in total. The van der Waals surface area contributed by atoms with E-state index in [0.29, 0.717) is 43.2 Å². The van der Waals surface area contributed by atoms with Crippen LogP contribution in [0.5, 0.6) is 11.5 Å². The van der Waals surface area contributed by atoms with Gasteiger partial charge in [-0.3, -0.25) is 4.79 Å². The van der Waals surface area contributed by atoms with Crippen LogP contribution in [-0.4, -0.2) is 57.5 Å². The SMILES string of the molecule is CN1CCOc2cc(OC(=O)C(F)(F)F)c(C3C(=O)N(C[C@H]4CCCO4)c4ccccc43)cc21. The number of amides is 1. The van der Waals surface area contributed by atoms with Crippen molar-refractivity contribution in [3.8, 4) is 11.5 Å². The summed E-state index contributed by atoms with van der Waals surface area (Å²) in [7, 11) is 1.82. The van der Waals surface area contributed by atoms with Crippen molar-refractivity contribution in [1.29, 1.82) is 0 Å². The number of fused-ring (bicyclic) bond motifs is 2. The van der Waals surface area contributed by atoms with Crippen LogP contribution >= 0.6 is 0 Å². The quantitative estimate of drug-likeness (QED) is 0.496. The average Bonchev–Trinajstić information content (AvgIpc) is 3.40. The number of nitrogens with zero attached hydrogens (tertiary/aromatic N) is 2. The second-order valence-electron chi connectivity index (χ2n) is 8.59. The van der Waals surface area contributed by atoms with Crippen LogP contribution in [0.1, 0.15) is 29.9 Å². The Morgan fingerprint density at radius 2 is 1.94 bits per heavy atom. The summed E-state index contributed by atoms with van der Waals surface area (Å²) < 4.78 is 55.2. The normalized spacial score (nSPS) is 21.8. The number of benzene rings is 2. The van der Waals surface area contributed by atoms with Crippen LogP contribution in [0.4, 0.5) is 24.5 Å². The van der Waals surface area contributed by atoms with Gasteiger partial charge in [-0.1, -0.05) is 18.2 Å². The summed E-state index contributed by atoms with van der Waals surface area (Å²) in [5, 5.41) is 0. The molecule has 1 amide bonds. The van der Waals surface area contributed by atoms with Gasteiger partial charge in [-0.15, -0.1) is 0 Å². The molecule has 2 aromatic carbocycles. The highest BCUT2D eigenvalue weighted by atomic mass is 19.4. The largest absolute Gasteiger partial charge is 0.491 e. The van der Waals surface area contributed by atoms with Crippen LogP contribution in [0.3, 0.4) is 0 Å². The van der Waals surface area contributed by atoms with Crippen LogP contribution in [0.25, 0.3) is 0 Å². The Labute approximate surface area is 194 Å². The van der Waals surface area contributed by atoms with Crippen LogP contribution in [0.15, 0.2) is 36.4 Å². The molecule has 1 fully saturated rings. The van der Waals surface area contributed by atoms with Gasteiger partial charge in [-0.05, 0) is 30.5 Å². The molecule has 3 aliphatic heterocycles. The third-order valence-electron chi connectivity index (χ3n) is 6.39. The van der Waals surface area contributed by atoms with E-state index in [-0.39, 0.29) is 29.1 Å². The summed E-state index contributed by atoms with van der Waals surface area (Å²) in [6, 6.07) is 9.99. The lowest BCUT2D eigenvalue weighted by Gasteiger charge is -2.29. The van der Waals surface area contributed by atoms with Crippen LogP contribution in [0.2, 0.25) is 0 Å². The van der Waals surface area contributed by atoms with Gasteiger partial charge in [0.15, 0.2) is 0 Å². The van der Waals surface area contributed by atoms with E-state index in [1.54, 1.807) is 35.2 Å². The number of anilines is 2. The minimum Gasteiger partial charge on any atom is -0.489 e. The van der Waals surface area contributed by atoms with E-state index in [4.69, 9.17) is 14.2 Å². The van der Waals surface area contributed by atoms with E-state index in [0.717, 1.165) is 12.8 Å². The summed E-state index contributed by atoms with van der Waals surface area (Å²) in [6.07, 6.45) is -3.56. The first kappa shape index (κ1) is 22.5. The maximum Gasteiger partial charge on any atom is 0.491 e. The Balaban J connectivity index is 1.60. The zero-order valence-corrected chi connectivity index (χ0v) is 18.4. The summed E-state index contributed by atoms with van der Waals surface area (Å²) >= 11 is 0. The third kappa shape index (κ3) is 3.96. The van der Waals surface area contributed by atoms with Crippen molar-refractivity contribution in [1.82, 2.24) is 0 Å². The van der Waals surface area contributed by atoms with E-state index in [1.807, 2.05) is 11.9 Å². The van der Waals surface area contributed by atoms with Gasteiger partial charge in [-0.25, -0.2) is 4.79 Å². The lowest BCUT2D eigenvalue weighted by molar-refractivity contribution is -0.189. The molecule has 0 radical (unpaired) electrons. The molecule has 1 saturated heterocycles. The van der Waals surface area contributed by atoms with E-state index in [9.17, 15) is 22.8 Å². The number of carbonyl (C=O) groups excluding carboxylic acids is 2. The van der Waals surface area contributed by atoms with Crippen molar-refractivity contribution in [2.45, 2.75) is 31.0 Å². The predicted octanol–water partition coefficient (Wildman–Crippen LogP) is 3.64. The number of hydrogen-bond acceptors (Lipinski definition) is 6. The number of esters is 1. The van der Waals surface area contributed by atoms with Gasteiger partial charge < -0.3 is 24.0 Å². The molecular formula is C24H23F3N2O5. The van der Waals surface area contributed by atoms with Crippen molar-refractivity contribution in [2.75, 3.05) is 43.2 Å². The maximum atomic E-state index is 13.7. The number of halogens is 3. The first-order valence-electron chi connectivity index (χ1n) is 11.1. The van der Waals surface area contributed by atoms with Crippen LogP contribution in [0, 0.1) is 0 Å². The molecule has 0 N–H and O–H groups in total. The molecule has 2 atom stereocenters. The van der Waals surface area contributed by atoms with Crippen molar-refractivity contribution in [3.63, 3.8) is 0 Å². The third-order valence-corrected chi connectivity index (χ3v) is 6.39. The summed E-state index contributed by atoms with van der Waals surface area (Å²) in [4.78, 5) is 28.9. The number of alkyl halides is 3. The molecule has 2 aromatic rings. The Bertz CT molecular complexity index is 1130. The first-order chi connectivity index (χ1) is 16.2. The highest BCUT2D eigenvalue weighted by Crippen LogP contribution is 2.48. The van der Waals surface area contributed by atoms with Gasteiger partial charge in [0, 0.05) is 31.0 Å². The smallest absolute Gasteiger partial charge is 0.489 e. The lowest BCUT2D eigenvalue weighted by Crippen LogP contribution is -2.36. The van der Waals surface area contributed by atoms with Crippen molar-refractivity contribution >= 4 is 23.3 Å². The number of hydrogen-bond donors (Lipinski definition) is 0. The number of rotatable bonds is 4. The highest BCUT2D eigenvalue weighted by Gasteiger charge is 2.45. The second kappa shape index (κ2) is 8.50. The molecule has 3 aliphatic rings. The molecule has 3 heterocycles. The Morgan fingerprint density at radius 1 is 1.15 bits per heavy atom. The van der Waals surface area contributed by atoms with Gasteiger partial charge in [0.05, 0.1) is 30.8 Å². The summed E-state index contributed by atoms with van der Waals surface area (Å²) in [6.45, 7) is 1.87. The lowest BCUT2D eigenvalue weighted by atomic mass is 9.91. The van der Waals surface area contributed by atoms with Gasteiger partial charge in [0.1, 0.15) is 18.1 Å². The zero-order chi connectivity index (χ0) is 24.0. The van der Waals surface area contributed by atoms with E-state index in [1.165, 1.54) is 6.07 Å². The second-order valence-corrected chi connectivity index (χ2v) is 8.59. The highest BCUT2D eigenvalue weighted by molar-refractivity contribution is 6.07. The van der Waals surface area contributed by atoms with Gasteiger partial charge >= 0.3 is 12.1 Å². The molecule has 180 valence electrons. The van der Waals surface area contributed by atoms with E-state index >= 15 is 0 Å². The predicted molar refractivity (Wildman–Crippen MR) is 117 cm³/mol. The van der Waals surface area contributed by atoms with Crippen molar-refractivity contribution in [2.24, 2.45) is 0 Å². The van der Waals surface area contributed by atoms with Gasteiger partial charge in [-0.2, -0.15) is 13.2 Å². The van der Waals surface area contributed by atoms with Crippen LogP contribution < -0.4 is 19.3 Å². The molecule has 5 rings (SSSR count). The fourth-order valence-corrected chi connectivity index (χ4v) is 4.73. The first-order valence-corrected chi connectivity index (χ1v) is 11.1. The zero-order valence-electron chi connectivity index (χ0n) is 18.4. The molecule has 0 aromatic heterocycles. The Hall–Kier alpha value is -3.27. The minimum absolute atomic E-state index is 0.110. The molecule has 10 heteroatoms. The summed E-state index contributed by atoms with van der Waals surface area (Å²) in [5.74, 6) is -3.65. The number of para-hydroxylation sites is 1. The summed E-state index contributed by atoms with van der Waals surface area (Å²) in [5.41, 5.74) is 2.09. The Kier molecular flexibility index (Phi) is 5.63. The van der Waals surface area contributed by atoms with E-state index in [2.05, 4.69) is 0 Å². The average molecular weight is 476 g/mol. The van der Waals surface area contributed by atoms with Crippen molar-refractivity contribution in [3.05, 3.63) is 47.5 Å². The number of carbonyl (C=O) groups is 2. The fraction of sp³-hybridized carbons (Fsp3) is 0.417. The number of ether oxygens (including phenoxy) is 3. The molecule has 34 heavy (non-hydrogen) atoms. The standard InChI is InChI=1S/C24H23F3N2O5/c1-28-8-10-33-20-12-19(34-23(31)24(25,26)27)16(11-18(20)28)21-15-6-2-3-7-17(15)29(22(21)30)13-14-5-4-9-32-14/h2-3,6-7,11-12,14,21H,4-5,8-10,13H2,1H3/t14-,21?/m1/s1. The topological polar surface area (TPSA) is 68.3 Å². The maximum absolute atomic E-state index is 13.7.